The van der Waals surface area contributed by atoms with Crippen LogP contribution in [0.5, 0.6) is 0 Å². The van der Waals surface area contributed by atoms with Crippen LogP contribution in [0.15, 0.2) is 42.5 Å². The van der Waals surface area contributed by atoms with Gasteiger partial charge in [-0.3, -0.25) is 4.79 Å². The highest BCUT2D eigenvalue weighted by atomic mass is 35.5. The summed E-state index contributed by atoms with van der Waals surface area (Å²) in [6.07, 6.45) is 4.15. The van der Waals surface area contributed by atoms with Gasteiger partial charge in [-0.25, -0.2) is 8.42 Å². The molecule has 2 aromatic carbocycles. The number of rotatable bonds is 3. The number of carbonyl (C=O) groups is 1. The average Bonchev–Trinajstić information content (AvgIpc) is 2.91. The van der Waals surface area contributed by atoms with Crippen LogP contribution in [0, 0.1) is 0 Å². The molecular formula is C21H21Cl2NO3S. The number of benzene rings is 2. The van der Waals surface area contributed by atoms with Crippen LogP contribution in [-0.4, -0.2) is 42.8 Å². The summed E-state index contributed by atoms with van der Waals surface area (Å²) in [5, 5.41) is 0.668. The Bertz CT molecular complexity index is 1010. The predicted molar refractivity (Wildman–Crippen MR) is 113 cm³/mol. The number of fused-ring (bicyclic) bond motifs is 2. The molecule has 2 saturated heterocycles. The zero-order chi connectivity index (χ0) is 20.1. The summed E-state index contributed by atoms with van der Waals surface area (Å²) in [4.78, 5) is 15.0. The number of piperidine rings is 1. The van der Waals surface area contributed by atoms with Crippen molar-refractivity contribution in [3.8, 4) is 11.1 Å². The van der Waals surface area contributed by atoms with Crippen molar-refractivity contribution in [3.05, 3.63) is 58.1 Å². The second-order valence-corrected chi connectivity index (χ2v) is 10.9. The van der Waals surface area contributed by atoms with Crippen molar-refractivity contribution in [2.45, 2.75) is 43.0 Å². The second kappa shape index (κ2) is 7.36. The number of amides is 1. The Kier molecular flexibility index (Phi) is 5.19. The quantitative estimate of drug-likeness (QED) is 0.689. The van der Waals surface area contributed by atoms with Gasteiger partial charge in [0.15, 0.2) is 0 Å². The first-order chi connectivity index (χ1) is 13.2. The normalized spacial score (nSPS) is 24.4. The summed E-state index contributed by atoms with van der Waals surface area (Å²) in [6, 6.07) is 12.9. The lowest BCUT2D eigenvalue weighted by atomic mass is 9.99. The van der Waals surface area contributed by atoms with Crippen LogP contribution < -0.4 is 0 Å². The maximum atomic E-state index is 13.1. The summed E-state index contributed by atoms with van der Waals surface area (Å²) < 4.78 is 23.9. The van der Waals surface area contributed by atoms with E-state index in [1.54, 1.807) is 12.1 Å². The van der Waals surface area contributed by atoms with Gasteiger partial charge in [0.2, 0.25) is 0 Å². The number of halogens is 2. The lowest BCUT2D eigenvalue weighted by Crippen LogP contribution is -2.49. The van der Waals surface area contributed by atoms with Crippen LogP contribution in [-0.2, 0) is 9.84 Å². The van der Waals surface area contributed by atoms with Gasteiger partial charge in [-0.1, -0.05) is 41.4 Å². The first kappa shape index (κ1) is 19.7. The fourth-order valence-electron chi connectivity index (χ4n) is 4.44. The highest BCUT2D eigenvalue weighted by Gasteiger charge is 2.45. The van der Waals surface area contributed by atoms with Crippen molar-refractivity contribution in [3.63, 3.8) is 0 Å². The van der Waals surface area contributed by atoms with Crippen LogP contribution in [0.2, 0.25) is 10.0 Å². The third-order valence-electron chi connectivity index (χ3n) is 5.91. The highest BCUT2D eigenvalue weighted by Crippen LogP contribution is 2.39. The number of nitrogens with zero attached hydrogens (tertiary/aromatic N) is 1. The predicted octanol–water partition coefficient (Wildman–Crippen LogP) is 4.84. The van der Waals surface area contributed by atoms with E-state index in [2.05, 4.69) is 0 Å². The zero-order valence-electron chi connectivity index (χ0n) is 15.4. The first-order valence-electron chi connectivity index (χ1n) is 9.31. The Hall–Kier alpha value is -1.56. The van der Waals surface area contributed by atoms with E-state index in [9.17, 15) is 13.2 Å². The van der Waals surface area contributed by atoms with Gasteiger partial charge in [0.05, 0.1) is 15.3 Å². The van der Waals surface area contributed by atoms with Crippen molar-refractivity contribution in [2.24, 2.45) is 0 Å². The van der Waals surface area contributed by atoms with E-state index in [4.69, 9.17) is 23.2 Å². The molecule has 0 aromatic heterocycles. The van der Waals surface area contributed by atoms with Crippen LogP contribution >= 0.6 is 23.2 Å². The lowest BCUT2D eigenvalue weighted by molar-refractivity contribution is 0.0598. The van der Waals surface area contributed by atoms with Gasteiger partial charge in [-0.05, 0) is 61.1 Å². The molecule has 0 N–H and O–H groups in total. The molecule has 2 fully saturated rings. The molecule has 2 aromatic rings. The Labute approximate surface area is 175 Å². The molecule has 1 amide bonds. The number of sulfone groups is 1. The number of hydrogen-bond acceptors (Lipinski definition) is 3. The Morgan fingerprint density at radius 1 is 0.929 bits per heavy atom. The molecule has 2 atom stereocenters. The largest absolute Gasteiger partial charge is 0.333 e. The molecule has 2 heterocycles. The maximum absolute atomic E-state index is 13.1. The minimum atomic E-state index is -3.07. The fraction of sp³-hybridized carbons (Fsp3) is 0.381. The number of hydrogen-bond donors (Lipinski definition) is 0. The van der Waals surface area contributed by atoms with Gasteiger partial charge in [-0.15, -0.1) is 0 Å². The van der Waals surface area contributed by atoms with Crippen LogP contribution in [0.3, 0.4) is 0 Å². The fourth-order valence-corrected chi connectivity index (χ4v) is 5.88. The third kappa shape index (κ3) is 3.68. The molecule has 28 heavy (non-hydrogen) atoms. The summed E-state index contributed by atoms with van der Waals surface area (Å²) >= 11 is 12.1. The van der Waals surface area contributed by atoms with Crippen LogP contribution in [0.4, 0.5) is 0 Å². The molecule has 0 spiro atoms. The first-order valence-corrected chi connectivity index (χ1v) is 12.0. The SMILES string of the molecule is CS(=O)(=O)C1CC2CCC(C1)N2C(=O)c1ccc(-c2ccc(Cl)c(Cl)c2)cc1. The molecule has 0 aliphatic carbocycles. The molecule has 0 saturated carbocycles. The molecule has 2 unspecified atom stereocenters. The topological polar surface area (TPSA) is 54.5 Å². The van der Waals surface area contributed by atoms with Crippen molar-refractivity contribution in [1.29, 1.82) is 0 Å². The number of carbonyl (C=O) groups excluding carboxylic acids is 1. The van der Waals surface area contributed by atoms with Crippen molar-refractivity contribution in [2.75, 3.05) is 6.26 Å². The van der Waals surface area contributed by atoms with E-state index in [1.165, 1.54) is 6.26 Å². The standard InChI is InChI=1S/C21H21Cl2NO3S/c1-28(26,27)18-11-16-7-8-17(12-18)24(16)21(25)14-4-2-13(3-5-14)15-6-9-19(22)20(23)10-15/h2-6,9-10,16-18H,7-8,11-12H2,1H3. The molecular weight excluding hydrogens is 417 g/mol. The monoisotopic (exact) mass is 437 g/mol. The molecule has 148 valence electrons. The van der Waals surface area contributed by atoms with E-state index in [-0.39, 0.29) is 23.2 Å². The van der Waals surface area contributed by atoms with E-state index >= 15 is 0 Å². The molecule has 2 aliphatic heterocycles. The lowest BCUT2D eigenvalue weighted by Gasteiger charge is -2.38. The third-order valence-corrected chi connectivity index (χ3v) is 8.25. The summed E-state index contributed by atoms with van der Waals surface area (Å²) in [5.41, 5.74) is 2.51. The summed E-state index contributed by atoms with van der Waals surface area (Å²) in [6.45, 7) is 0. The van der Waals surface area contributed by atoms with Gasteiger partial charge in [0, 0.05) is 23.9 Å². The van der Waals surface area contributed by atoms with Crippen molar-refractivity contribution in [1.82, 2.24) is 4.90 Å². The smallest absolute Gasteiger partial charge is 0.254 e. The molecule has 2 bridgehead atoms. The summed E-state index contributed by atoms with van der Waals surface area (Å²) in [5.74, 6) is -0.0138. The van der Waals surface area contributed by atoms with Gasteiger partial charge in [0.25, 0.3) is 5.91 Å². The van der Waals surface area contributed by atoms with E-state index in [0.29, 0.717) is 28.5 Å². The average molecular weight is 438 g/mol. The van der Waals surface area contributed by atoms with Crippen LogP contribution in [0.1, 0.15) is 36.0 Å². The van der Waals surface area contributed by atoms with E-state index in [0.717, 1.165) is 24.0 Å². The highest BCUT2D eigenvalue weighted by molar-refractivity contribution is 7.91. The summed E-state index contributed by atoms with van der Waals surface area (Å²) in [7, 11) is -3.07. The molecule has 7 heteroatoms. The molecule has 2 aliphatic rings. The minimum Gasteiger partial charge on any atom is -0.333 e. The molecule has 0 radical (unpaired) electrons. The Balaban J connectivity index is 1.54. The molecule has 4 nitrogen and oxygen atoms in total. The van der Waals surface area contributed by atoms with Crippen molar-refractivity contribution >= 4 is 38.9 Å². The zero-order valence-corrected chi connectivity index (χ0v) is 17.8. The Morgan fingerprint density at radius 2 is 1.50 bits per heavy atom. The van der Waals surface area contributed by atoms with E-state index in [1.807, 2.05) is 35.2 Å². The molecule has 4 rings (SSSR count). The second-order valence-electron chi connectivity index (χ2n) is 7.73. The Morgan fingerprint density at radius 3 is 2.04 bits per heavy atom. The van der Waals surface area contributed by atoms with Gasteiger partial charge in [0.1, 0.15) is 9.84 Å². The van der Waals surface area contributed by atoms with Crippen LogP contribution in [0.25, 0.3) is 11.1 Å². The van der Waals surface area contributed by atoms with Gasteiger partial charge in [-0.2, -0.15) is 0 Å². The van der Waals surface area contributed by atoms with Gasteiger partial charge < -0.3 is 4.90 Å². The van der Waals surface area contributed by atoms with Gasteiger partial charge >= 0.3 is 0 Å². The maximum Gasteiger partial charge on any atom is 0.254 e. The minimum absolute atomic E-state index is 0.0138. The van der Waals surface area contributed by atoms with Crippen molar-refractivity contribution < 1.29 is 13.2 Å². The van der Waals surface area contributed by atoms with E-state index < -0.39 is 9.84 Å².